The van der Waals surface area contributed by atoms with E-state index in [4.69, 9.17) is 32.7 Å². The van der Waals surface area contributed by atoms with E-state index in [2.05, 4.69) is 15.0 Å². The van der Waals surface area contributed by atoms with Crippen LogP contribution >= 0.6 is 23.2 Å². The minimum Gasteiger partial charge on any atom is -0.507 e. The number of ether oxygens (including phenoxy) is 2. The van der Waals surface area contributed by atoms with Crippen LogP contribution in [-0.2, 0) is 9.59 Å². The maximum Gasteiger partial charge on any atom is 0.302 e. The molecule has 1 saturated heterocycles. The van der Waals surface area contributed by atoms with E-state index < -0.39 is 23.5 Å². The number of ketones is 1. The van der Waals surface area contributed by atoms with Crippen LogP contribution in [-0.4, -0.2) is 46.0 Å². The average molecular weight is 525 g/mol. The maximum atomic E-state index is 13.3. The molecule has 1 unspecified atom stereocenters. The Morgan fingerprint density at radius 2 is 1.81 bits per heavy atom. The number of H-pyrrole nitrogens is 1. The Morgan fingerprint density at radius 3 is 2.47 bits per heavy atom. The van der Waals surface area contributed by atoms with E-state index in [0.29, 0.717) is 28.1 Å². The second-order valence-corrected chi connectivity index (χ2v) is 8.68. The summed E-state index contributed by atoms with van der Waals surface area (Å²) in [5.41, 5.74) is 1.63. The van der Waals surface area contributed by atoms with E-state index in [1.165, 1.54) is 43.5 Å². The van der Waals surface area contributed by atoms with Gasteiger partial charge in [-0.25, -0.2) is 4.98 Å². The molecule has 4 aromatic rings. The van der Waals surface area contributed by atoms with Crippen LogP contribution in [0, 0.1) is 0 Å². The minimum atomic E-state index is -1.02. The predicted molar refractivity (Wildman–Crippen MR) is 135 cm³/mol. The SMILES string of the molecule is COc1cc2nc(N3C(=O)C(=O)/C(=C(/O)c4ccc(Cl)c(Cl)c4)C3c3cccnc3)[nH]c2cc1OC. The molecule has 1 fully saturated rings. The molecule has 0 saturated carbocycles. The number of aromatic amines is 1. The topological polar surface area (TPSA) is 118 Å². The number of halogens is 2. The normalized spacial score (nSPS) is 17.1. The zero-order chi connectivity index (χ0) is 25.6. The van der Waals surface area contributed by atoms with Gasteiger partial charge in [-0.3, -0.25) is 19.5 Å². The van der Waals surface area contributed by atoms with Gasteiger partial charge in [0.2, 0.25) is 5.95 Å². The Hall–Kier alpha value is -4.08. The van der Waals surface area contributed by atoms with Gasteiger partial charge >= 0.3 is 5.91 Å². The van der Waals surface area contributed by atoms with E-state index in [1.807, 2.05) is 0 Å². The minimum absolute atomic E-state index is 0.101. The van der Waals surface area contributed by atoms with E-state index in [9.17, 15) is 14.7 Å². The largest absolute Gasteiger partial charge is 0.507 e. The number of anilines is 1. The van der Waals surface area contributed by atoms with Gasteiger partial charge in [0.25, 0.3) is 5.78 Å². The number of aromatic nitrogens is 3. The molecular formula is C25H18Cl2N4O5. The third-order valence-electron chi connectivity index (χ3n) is 5.84. The summed E-state index contributed by atoms with van der Waals surface area (Å²) in [7, 11) is 3.01. The van der Waals surface area contributed by atoms with Crippen molar-refractivity contribution in [3.8, 4) is 11.5 Å². The number of carbonyl (C=O) groups excluding carboxylic acids is 2. The third kappa shape index (κ3) is 3.82. The van der Waals surface area contributed by atoms with Crippen LogP contribution in [0.5, 0.6) is 11.5 Å². The molecule has 2 aromatic carbocycles. The molecule has 0 bridgehead atoms. The number of carbonyl (C=O) groups is 2. The first-order valence-electron chi connectivity index (χ1n) is 10.6. The van der Waals surface area contributed by atoms with Crippen LogP contribution in [0.3, 0.4) is 0 Å². The van der Waals surface area contributed by atoms with Crippen molar-refractivity contribution in [2.45, 2.75) is 6.04 Å². The van der Waals surface area contributed by atoms with E-state index in [-0.39, 0.29) is 27.1 Å². The summed E-state index contributed by atoms with van der Waals surface area (Å²) in [5.74, 6) is -1.14. The van der Waals surface area contributed by atoms with E-state index in [1.54, 1.807) is 30.5 Å². The summed E-state index contributed by atoms with van der Waals surface area (Å²) in [6.07, 6.45) is 3.08. The predicted octanol–water partition coefficient (Wildman–Crippen LogP) is 4.91. The number of nitrogens with one attached hydrogen (secondary N) is 1. The van der Waals surface area contributed by atoms with Crippen molar-refractivity contribution in [1.82, 2.24) is 15.0 Å². The van der Waals surface area contributed by atoms with Gasteiger partial charge in [0, 0.05) is 30.1 Å². The van der Waals surface area contributed by atoms with Gasteiger partial charge in [0.15, 0.2) is 11.5 Å². The number of nitrogens with zero attached hydrogens (tertiary/aromatic N) is 3. The first-order valence-corrected chi connectivity index (χ1v) is 11.4. The highest BCUT2D eigenvalue weighted by molar-refractivity contribution is 6.51. The summed E-state index contributed by atoms with van der Waals surface area (Å²) in [6.45, 7) is 0. The number of pyridine rings is 1. The van der Waals surface area contributed by atoms with Gasteiger partial charge in [-0.2, -0.15) is 0 Å². The fourth-order valence-electron chi connectivity index (χ4n) is 4.14. The fourth-order valence-corrected chi connectivity index (χ4v) is 4.44. The van der Waals surface area contributed by atoms with Crippen molar-refractivity contribution >= 4 is 57.6 Å². The number of fused-ring (bicyclic) bond motifs is 1. The highest BCUT2D eigenvalue weighted by Gasteiger charge is 2.48. The highest BCUT2D eigenvalue weighted by atomic mass is 35.5. The van der Waals surface area contributed by atoms with Gasteiger partial charge in [0.1, 0.15) is 5.76 Å². The van der Waals surface area contributed by atoms with Crippen molar-refractivity contribution < 1.29 is 24.2 Å². The quantitative estimate of drug-likeness (QED) is 0.216. The molecule has 2 aromatic heterocycles. The first-order chi connectivity index (χ1) is 17.3. The lowest BCUT2D eigenvalue weighted by Crippen LogP contribution is -2.30. The summed E-state index contributed by atoms with van der Waals surface area (Å²) in [5, 5.41) is 11.7. The number of methoxy groups -OCH3 is 2. The molecule has 1 aliphatic heterocycles. The Bertz CT molecular complexity index is 1510. The Labute approximate surface area is 214 Å². The molecule has 36 heavy (non-hydrogen) atoms. The van der Waals surface area contributed by atoms with Crippen molar-refractivity contribution in [2.24, 2.45) is 0 Å². The van der Waals surface area contributed by atoms with Gasteiger partial charge in [0.05, 0.1) is 46.9 Å². The first kappa shape index (κ1) is 23.7. The van der Waals surface area contributed by atoms with Crippen LogP contribution in [0.25, 0.3) is 16.8 Å². The standard InChI is InChI=1S/C25H18Cl2N4O5/c1-35-18-9-16-17(10-19(18)36-2)30-25(29-16)31-21(13-4-3-7-28-11-13)20(23(33)24(31)34)22(32)12-5-6-14(26)15(27)8-12/h3-11,21,32H,1-2H3,(H,29,30)/b22-20+. The number of hydrogen-bond acceptors (Lipinski definition) is 7. The van der Waals surface area contributed by atoms with Crippen molar-refractivity contribution in [3.05, 3.63) is 81.6 Å². The van der Waals surface area contributed by atoms with Gasteiger partial charge in [-0.05, 0) is 29.8 Å². The smallest absolute Gasteiger partial charge is 0.302 e. The second kappa shape index (κ2) is 9.18. The molecule has 11 heteroatoms. The van der Waals surface area contributed by atoms with Crippen LogP contribution < -0.4 is 14.4 Å². The second-order valence-electron chi connectivity index (χ2n) is 7.87. The molecule has 1 aliphatic rings. The van der Waals surface area contributed by atoms with Crippen LogP contribution in [0.15, 0.2) is 60.4 Å². The van der Waals surface area contributed by atoms with Gasteiger partial charge < -0.3 is 19.6 Å². The Kier molecular flexibility index (Phi) is 6.03. The molecular weight excluding hydrogens is 507 g/mol. The van der Waals surface area contributed by atoms with Crippen LogP contribution in [0.4, 0.5) is 5.95 Å². The zero-order valence-electron chi connectivity index (χ0n) is 19.0. The fraction of sp³-hybridized carbons (Fsp3) is 0.120. The van der Waals surface area contributed by atoms with Crippen molar-refractivity contribution in [1.29, 1.82) is 0 Å². The Balaban J connectivity index is 1.71. The highest BCUT2D eigenvalue weighted by Crippen LogP contribution is 2.42. The molecule has 182 valence electrons. The molecule has 1 amide bonds. The lowest BCUT2D eigenvalue weighted by atomic mass is 9.96. The maximum absolute atomic E-state index is 13.3. The molecule has 2 N–H and O–H groups in total. The summed E-state index contributed by atoms with van der Waals surface area (Å²) in [6, 6.07) is 10.1. The van der Waals surface area contributed by atoms with E-state index >= 15 is 0 Å². The Morgan fingerprint density at radius 1 is 1.06 bits per heavy atom. The molecule has 0 radical (unpaired) electrons. The summed E-state index contributed by atoms with van der Waals surface area (Å²) >= 11 is 12.1. The summed E-state index contributed by atoms with van der Waals surface area (Å²) in [4.78, 5) is 39.6. The lowest BCUT2D eigenvalue weighted by molar-refractivity contribution is -0.132. The van der Waals surface area contributed by atoms with Crippen molar-refractivity contribution in [2.75, 3.05) is 19.1 Å². The molecule has 0 aliphatic carbocycles. The number of aliphatic hydroxyl groups is 1. The van der Waals surface area contributed by atoms with Gasteiger partial charge in [-0.1, -0.05) is 29.3 Å². The third-order valence-corrected chi connectivity index (χ3v) is 6.58. The number of Topliss-reactive ketones (excluding diaryl/α,β-unsaturated/α-hetero) is 1. The molecule has 9 nitrogen and oxygen atoms in total. The molecule has 3 heterocycles. The van der Waals surface area contributed by atoms with Gasteiger partial charge in [-0.15, -0.1) is 0 Å². The number of amides is 1. The van der Waals surface area contributed by atoms with Crippen molar-refractivity contribution in [3.63, 3.8) is 0 Å². The average Bonchev–Trinajstić information content (AvgIpc) is 3.42. The number of aliphatic hydroxyl groups excluding tert-OH is 1. The number of rotatable bonds is 5. The van der Waals surface area contributed by atoms with Crippen LogP contribution in [0.2, 0.25) is 10.0 Å². The number of imidazole rings is 1. The summed E-state index contributed by atoms with van der Waals surface area (Å²) < 4.78 is 10.7. The number of hydrogen-bond donors (Lipinski definition) is 2. The monoisotopic (exact) mass is 524 g/mol. The molecule has 5 rings (SSSR count). The van der Waals surface area contributed by atoms with Crippen LogP contribution in [0.1, 0.15) is 17.2 Å². The zero-order valence-corrected chi connectivity index (χ0v) is 20.5. The lowest BCUT2D eigenvalue weighted by Gasteiger charge is -2.22. The molecule has 1 atom stereocenters. The number of benzene rings is 2. The molecule has 0 spiro atoms. The van der Waals surface area contributed by atoms with E-state index in [0.717, 1.165) is 0 Å².